The van der Waals surface area contributed by atoms with E-state index in [1.807, 2.05) is 0 Å². The van der Waals surface area contributed by atoms with E-state index in [1.54, 1.807) is 31.2 Å². The summed E-state index contributed by atoms with van der Waals surface area (Å²) in [5.41, 5.74) is 1.60. The molecule has 0 amide bonds. The largest absolute Gasteiger partial charge is 0.507 e. The maximum absolute atomic E-state index is 13.0. The Morgan fingerprint density at radius 2 is 1.79 bits per heavy atom. The lowest BCUT2D eigenvalue weighted by Crippen LogP contribution is -2.14. The summed E-state index contributed by atoms with van der Waals surface area (Å²) in [5.74, 6) is 0.119. The number of hydrogen-bond donors (Lipinski definition) is 2. The molecule has 0 aromatic heterocycles. The van der Waals surface area contributed by atoms with Crippen LogP contribution in [-0.4, -0.2) is 26.8 Å². The van der Waals surface area contributed by atoms with Gasteiger partial charge in [-0.25, -0.2) is 12.8 Å². The molecule has 0 atom stereocenters. The van der Waals surface area contributed by atoms with Gasteiger partial charge in [0.2, 0.25) is 0 Å². The van der Waals surface area contributed by atoms with Gasteiger partial charge in [-0.15, -0.1) is 0 Å². The Hall–Kier alpha value is -3.39. The van der Waals surface area contributed by atoms with Crippen LogP contribution in [0.1, 0.15) is 11.1 Å². The van der Waals surface area contributed by atoms with Crippen molar-refractivity contribution in [2.75, 3.05) is 11.8 Å². The Bertz CT molecular complexity index is 1160. The van der Waals surface area contributed by atoms with Crippen molar-refractivity contribution in [3.05, 3.63) is 77.6 Å². The van der Waals surface area contributed by atoms with Crippen molar-refractivity contribution in [1.29, 1.82) is 0 Å². The molecule has 0 saturated heterocycles. The topological polar surface area (TPSA) is 88.0 Å². The summed E-state index contributed by atoms with van der Waals surface area (Å²) in [7, 11) is -2.38. The molecule has 3 aromatic carbocycles. The number of sulfonamides is 1. The van der Waals surface area contributed by atoms with E-state index in [-0.39, 0.29) is 16.3 Å². The van der Waals surface area contributed by atoms with Gasteiger partial charge in [0.25, 0.3) is 10.0 Å². The van der Waals surface area contributed by atoms with Gasteiger partial charge in [-0.2, -0.15) is 0 Å². The molecule has 0 saturated carbocycles. The first-order valence-electron chi connectivity index (χ1n) is 8.58. The molecule has 0 heterocycles. The zero-order valence-electron chi connectivity index (χ0n) is 15.8. The smallest absolute Gasteiger partial charge is 0.262 e. The summed E-state index contributed by atoms with van der Waals surface area (Å²) < 4.78 is 46.1. The van der Waals surface area contributed by atoms with Crippen molar-refractivity contribution in [2.45, 2.75) is 11.8 Å². The van der Waals surface area contributed by atoms with Crippen molar-refractivity contribution in [1.82, 2.24) is 0 Å². The Morgan fingerprint density at radius 3 is 2.48 bits per heavy atom. The van der Waals surface area contributed by atoms with Gasteiger partial charge in [0, 0.05) is 17.5 Å². The summed E-state index contributed by atoms with van der Waals surface area (Å²) in [6.45, 7) is 1.67. The summed E-state index contributed by atoms with van der Waals surface area (Å²) in [5, 5.41) is 9.94. The second-order valence-corrected chi connectivity index (χ2v) is 7.90. The van der Waals surface area contributed by atoms with E-state index in [9.17, 15) is 17.9 Å². The van der Waals surface area contributed by atoms with Gasteiger partial charge in [0.1, 0.15) is 17.3 Å². The first kappa shape index (κ1) is 20.3. The molecular weight excluding hydrogens is 395 g/mol. The predicted octanol–water partition coefficient (Wildman–Crippen LogP) is 4.40. The first-order valence-corrected chi connectivity index (χ1v) is 10.1. The molecular formula is C21H19FN2O4S. The van der Waals surface area contributed by atoms with Crippen molar-refractivity contribution >= 4 is 27.6 Å². The molecule has 3 aromatic rings. The van der Waals surface area contributed by atoms with Crippen LogP contribution in [0, 0.1) is 12.7 Å². The van der Waals surface area contributed by atoms with E-state index in [2.05, 4.69) is 9.71 Å². The Labute approximate surface area is 168 Å². The zero-order chi connectivity index (χ0) is 21.0. The Kier molecular flexibility index (Phi) is 5.84. The quantitative estimate of drug-likeness (QED) is 0.585. The van der Waals surface area contributed by atoms with Crippen LogP contribution in [0.5, 0.6) is 11.5 Å². The molecule has 0 bridgehead atoms. The lowest BCUT2D eigenvalue weighted by Gasteiger charge is -2.11. The fourth-order valence-corrected chi connectivity index (χ4v) is 3.92. The summed E-state index contributed by atoms with van der Waals surface area (Å²) >= 11 is 0. The van der Waals surface area contributed by atoms with Crippen LogP contribution in [0.4, 0.5) is 15.8 Å². The second kappa shape index (κ2) is 8.32. The fourth-order valence-electron chi connectivity index (χ4n) is 2.59. The number of nitrogens with one attached hydrogen (secondary N) is 1. The van der Waals surface area contributed by atoms with Crippen molar-refractivity contribution in [2.24, 2.45) is 4.99 Å². The molecule has 2 N–H and O–H groups in total. The lowest BCUT2D eigenvalue weighted by molar-refractivity contribution is 0.412. The van der Waals surface area contributed by atoms with Gasteiger partial charge in [0.05, 0.1) is 17.7 Å². The number of aromatic hydroxyl groups is 1. The van der Waals surface area contributed by atoms with Crippen LogP contribution in [0.2, 0.25) is 0 Å². The van der Waals surface area contributed by atoms with Crippen LogP contribution >= 0.6 is 0 Å². The molecule has 0 aliphatic rings. The standard InChI is InChI=1S/C21H19FN2O4S/c1-14-3-6-18(23-13-15-11-19(28-2)9-10-20(15)25)12-21(14)29(26,27)24-17-7-4-16(22)5-8-17/h3-13,24-25H,1-2H3. The number of methoxy groups -OCH3 is 1. The third kappa shape index (κ3) is 4.91. The van der Waals surface area contributed by atoms with E-state index in [0.29, 0.717) is 22.6 Å². The van der Waals surface area contributed by atoms with Crippen LogP contribution in [-0.2, 0) is 10.0 Å². The molecule has 0 spiro atoms. The van der Waals surface area contributed by atoms with Crippen molar-refractivity contribution < 1.29 is 22.7 Å². The highest BCUT2D eigenvalue weighted by Crippen LogP contribution is 2.26. The molecule has 6 nitrogen and oxygen atoms in total. The summed E-state index contributed by atoms with van der Waals surface area (Å²) in [6, 6.07) is 14.5. The number of ether oxygens (including phenoxy) is 1. The molecule has 8 heteroatoms. The van der Waals surface area contributed by atoms with Crippen LogP contribution < -0.4 is 9.46 Å². The number of aryl methyl sites for hydroxylation is 1. The van der Waals surface area contributed by atoms with Gasteiger partial charge in [0.15, 0.2) is 0 Å². The van der Waals surface area contributed by atoms with Crippen LogP contribution in [0.25, 0.3) is 0 Å². The van der Waals surface area contributed by atoms with Gasteiger partial charge < -0.3 is 9.84 Å². The number of hydrogen-bond acceptors (Lipinski definition) is 5. The molecule has 0 aliphatic carbocycles. The maximum Gasteiger partial charge on any atom is 0.262 e. The molecule has 0 aliphatic heterocycles. The highest BCUT2D eigenvalue weighted by Gasteiger charge is 2.17. The minimum absolute atomic E-state index is 0.0208. The lowest BCUT2D eigenvalue weighted by atomic mass is 10.2. The Balaban J connectivity index is 1.90. The van der Waals surface area contributed by atoms with Gasteiger partial charge >= 0.3 is 0 Å². The van der Waals surface area contributed by atoms with Gasteiger partial charge in [-0.3, -0.25) is 9.71 Å². The second-order valence-electron chi connectivity index (χ2n) is 6.25. The van der Waals surface area contributed by atoms with Gasteiger partial charge in [-0.1, -0.05) is 6.07 Å². The van der Waals surface area contributed by atoms with Crippen molar-refractivity contribution in [3.63, 3.8) is 0 Å². The minimum atomic E-state index is -3.90. The van der Waals surface area contributed by atoms with Crippen molar-refractivity contribution in [3.8, 4) is 11.5 Å². The number of rotatable bonds is 6. The minimum Gasteiger partial charge on any atom is -0.507 e. The number of nitrogens with zero attached hydrogens (tertiary/aromatic N) is 1. The van der Waals surface area contributed by atoms with Crippen LogP contribution in [0.3, 0.4) is 0 Å². The predicted molar refractivity (Wildman–Crippen MR) is 110 cm³/mol. The average Bonchev–Trinajstić information content (AvgIpc) is 2.70. The summed E-state index contributed by atoms with van der Waals surface area (Å²) in [4.78, 5) is 4.31. The number of phenols is 1. The average molecular weight is 414 g/mol. The SMILES string of the molecule is COc1ccc(O)c(C=Nc2ccc(C)c(S(=O)(=O)Nc3ccc(F)cc3)c2)c1. The normalized spacial score (nSPS) is 11.6. The zero-order valence-corrected chi connectivity index (χ0v) is 16.6. The number of phenolic OH excluding ortho intramolecular Hbond substituents is 1. The van der Waals surface area contributed by atoms with E-state index in [0.717, 1.165) is 0 Å². The Morgan fingerprint density at radius 1 is 1.07 bits per heavy atom. The monoisotopic (exact) mass is 414 g/mol. The highest BCUT2D eigenvalue weighted by molar-refractivity contribution is 7.92. The van der Waals surface area contributed by atoms with Crippen LogP contribution in [0.15, 0.2) is 70.6 Å². The third-order valence-corrected chi connectivity index (χ3v) is 5.67. The molecule has 0 radical (unpaired) electrons. The number of aliphatic imine (C=N–C) groups is 1. The molecule has 29 heavy (non-hydrogen) atoms. The van der Waals surface area contributed by atoms with E-state index in [1.165, 1.54) is 49.7 Å². The number of halogens is 1. The summed E-state index contributed by atoms with van der Waals surface area (Å²) in [6.07, 6.45) is 1.42. The van der Waals surface area contributed by atoms with Gasteiger partial charge in [-0.05, 0) is 67.1 Å². The molecule has 150 valence electrons. The number of anilines is 1. The molecule has 0 unspecified atom stereocenters. The molecule has 3 rings (SSSR count). The fraction of sp³-hybridized carbons (Fsp3) is 0.0952. The molecule has 0 fully saturated rings. The van der Waals surface area contributed by atoms with E-state index < -0.39 is 15.8 Å². The maximum atomic E-state index is 13.0. The van der Waals surface area contributed by atoms with E-state index in [4.69, 9.17) is 4.74 Å². The highest BCUT2D eigenvalue weighted by atomic mass is 32.2. The third-order valence-electron chi connectivity index (χ3n) is 4.15. The number of benzene rings is 3. The first-order chi connectivity index (χ1) is 13.8. The van der Waals surface area contributed by atoms with E-state index >= 15 is 0 Å².